The number of hydrogen-bond acceptors (Lipinski definition) is 1. The van der Waals surface area contributed by atoms with Crippen molar-refractivity contribution in [3.63, 3.8) is 0 Å². The third-order valence-electron chi connectivity index (χ3n) is 2.63. The van der Waals surface area contributed by atoms with Crippen LogP contribution in [0, 0.1) is 6.92 Å². The predicted molar refractivity (Wildman–Crippen MR) is 78.6 cm³/mol. The van der Waals surface area contributed by atoms with Crippen LogP contribution < -0.4 is 5.32 Å². The quantitative estimate of drug-likeness (QED) is 0.876. The number of halogens is 1. The smallest absolute Gasteiger partial charge is 0.221 e. The lowest BCUT2D eigenvalue weighted by atomic mass is 10.0. The Hall–Kier alpha value is -1.61. The van der Waals surface area contributed by atoms with E-state index >= 15 is 0 Å². The second-order valence-corrected chi connectivity index (χ2v) is 5.10. The molecule has 0 aliphatic rings. The molecule has 0 spiro atoms. The number of rotatable bonds is 2. The van der Waals surface area contributed by atoms with Gasteiger partial charge in [-0.05, 0) is 46.1 Å². The molecule has 1 N–H and O–H groups in total. The Morgan fingerprint density at radius 2 is 1.83 bits per heavy atom. The molecule has 0 aliphatic carbocycles. The number of aryl methyl sites for hydroxylation is 1. The highest BCUT2D eigenvalue weighted by Gasteiger charge is 2.04. The highest BCUT2D eigenvalue weighted by molar-refractivity contribution is 9.10. The fourth-order valence-electron chi connectivity index (χ4n) is 1.81. The number of carbonyl (C=O) groups excluding carboxylic acids is 1. The van der Waals surface area contributed by atoms with E-state index in [2.05, 4.69) is 46.4 Å². The molecule has 0 heterocycles. The van der Waals surface area contributed by atoms with Gasteiger partial charge in [0.1, 0.15) is 0 Å². The number of carbonyl (C=O) groups is 1. The van der Waals surface area contributed by atoms with Crippen LogP contribution in [0.15, 0.2) is 46.9 Å². The fourth-order valence-corrected chi connectivity index (χ4v) is 2.29. The largest absolute Gasteiger partial charge is 0.325 e. The Morgan fingerprint density at radius 3 is 2.44 bits per heavy atom. The molecule has 0 saturated heterocycles. The Kier molecular flexibility index (Phi) is 3.82. The van der Waals surface area contributed by atoms with Crippen molar-refractivity contribution in [2.45, 2.75) is 13.8 Å². The lowest BCUT2D eigenvalue weighted by Gasteiger charge is -2.08. The molecular weight excluding hydrogens is 290 g/mol. The number of hydrogen-bond donors (Lipinski definition) is 1. The predicted octanol–water partition coefficient (Wildman–Crippen LogP) is 4.38. The summed E-state index contributed by atoms with van der Waals surface area (Å²) in [5.74, 6) is -0.0704. The number of benzene rings is 2. The standard InChI is InChI=1S/C15H14BrNO/c1-10-4-3-5-12(8-10)13-6-7-15(14(16)9-13)17-11(2)18/h3-9H,1-2H3,(H,17,18). The Bertz CT molecular complexity index is 593. The van der Waals surface area contributed by atoms with Crippen LogP contribution >= 0.6 is 15.9 Å². The summed E-state index contributed by atoms with van der Waals surface area (Å²) in [5.41, 5.74) is 4.32. The van der Waals surface area contributed by atoms with E-state index in [1.807, 2.05) is 24.3 Å². The Balaban J connectivity index is 2.37. The highest BCUT2D eigenvalue weighted by atomic mass is 79.9. The van der Waals surface area contributed by atoms with E-state index in [1.54, 1.807) is 0 Å². The van der Waals surface area contributed by atoms with Gasteiger partial charge in [0.2, 0.25) is 5.91 Å². The van der Waals surface area contributed by atoms with Crippen molar-refractivity contribution in [3.8, 4) is 11.1 Å². The van der Waals surface area contributed by atoms with Crippen LogP contribution in [0.25, 0.3) is 11.1 Å². The van der Waals surface area contributed by atoms with E-state index in [0.29, 0.717) is 0 Å². The van der Waals surface area contributed by atoms with E-state index in [4.69, 9.17) is 0 Å². The van der Waals surface area contributed by atoms with E-state index < -0.39 is 0 Å². The summed E-state index contributed by atoms with van der Waals surface area (Å²) in [5, 5.41) is 2.78. The third-order valence-corrected chi connectivity index (χ3v) is 3.29. The van der Waals surface area contributed by atoms with Gasteiger partial charge in [-0.25, -0.2) is 0 Å². The number of nitrogens with one attached hydrogen (secondary N) is 1. The zero-order valence-corrected chi connectivity index (χ0v) is 11.9. The molecule has 18 heavy (non-hydrogen) atoms. The summed E-state index contributed by atoms with van der Waals surface area (Å²) in [4.78, 5) is 11.0. The average molecular weight is 304 g/mol. The van der Waals surface area contributed by atoms with Gasteiger partial charge in [0.25, 0.3) is 0 Å². The van der Waals surface area contributed by atoms with Crippen LogP contribution in [0.5, 0.6) is 0 Å². The number of amides is 1. The first-order chi connectivity index (χ1) is 8.56. The first-order valence-corrected chi connectivity index (χ1v) is 6.50. The minimum atomic E-state index is -0.0704. The van der Waals surface area contributed by atoms with Crippen LogP contribution in [0.2, 0.25) is 0 Å². The third kappa shape index (κ3) is 2.99. The summed E-state index contributed by atoms with van der Waals surface area (Å²) in [6.07, 6.45) is 0. The first kappa shape index (κ1) is 12.8. The minimum absolute atomic E-state index is 0.0704. The van der Waals surface area contributed by atoms with Crippen LogP contribution in [0.4, 0.5) is 5.69 Å². The van der Waals surface area contributed by atoms with Gasteiger partial charge in [-0.3, -0.25) is 4.79 Å². The molecule has 0 fully saturated rings. The SMILES string of the molecule is CC(=O)Nc1ccc(-c2cccc(C)c2)cc1Br. The molecular formula is C15H14BrNO. The monoisotopic (exact) mass is 303 g/mol. The van der Waals surface area contributed by atoms with Crippen LogP contribution in [-0.2, 0) is 4.79 Å². The van der Waals surface area contributed by atoms with Crippen molar-refractivity contribution >= 4 is 27.5 Å². The maximum Gasteiger partial charge on any atom is 0.221 e. The van der Waals surface area contributed by atoms with Gasteiger partial charge in [-0.2, -0.15) is 0 Å². The summed E-state index contributed by atoms with van der Waals surface area (Å²) < 4.78 is 0.886. The molecule has 2 aromatic rings. The second-order valence-electron chi connectivity index (χ2n) is 4.25. The molecule has 92 valence electrons. The lowest BCUT2D eigenvalue weighted by molar-refractivity contribution is -0.114. The fraction of sp³-hybridized carbons (Fsp3) is 0.133. The average Bonchev–Trinajstić information content (AvgIpc) is 2.31. The van der Waals surface area contributed by atoms with Crippen molar-refractivity contribution in [2.24, 2.45) is 0 Å². The van der Waals surface area contributed by atoms with Gasteiger partial charge in [-0.1, -0.05) is 35.9 Å². The molecule has 2 nitrogen and oxygen atoms in total. The van der Waals surface area contributed by atoms with E-state index in [9.17, 15) is 4.79 Å². The molecule has 0 aromatic heterocycles. The van der Waals surface area contributed by atoms with Crippen molar-refractivity contribution in [1.82, 2.24) is 0 Å². The topological polar surface area (TPSA) is 29.1 Å². The molecule has 0 atom stereocenters. The Labute approximate surface area is 115 Å². The van der Waals surface area contributed by atoms with Gasteiger partial charge in [-0.15, -0.1) is 0 Å². The zero-order chi connectivity index (χ0) is 13.1. The zero-order valence-electron chi connectivity index (χ0n) is 10.3. The summed E-state index contributed by atoms with van der Waals surface area (Å²) >= 11 is 3.48. The van der Waals surface area contributed by atoms with Gasteiger partial charge in [0, 0.05) is 11.4 Å². The molecule has 2 aromatic carbocycles. The molecule has 2 rings (SSSR count). The molecule has 0 unspecified atom stereocenters. The highest BCUT2D eigenvalue weighted by Crippen LogP contribution is 2.29. The van der Waals surface area contributed by atoms with Crippen molar-refractivity contribution in [3.05, 3.63) is 52.5 Å². The van der Waals surface area contributed by atoms with E-state index in [-0.39, 0.29) is 5.91 Å². The summed E-state index contributed by atoms with van der Waals surface area (Å²) in [6.45, 7) is 3.57. The second kappa shape index (κ2) is 5.36. The van der Waals surface area contributed by atoms with E-state index in [1.165, 1.54) is 18.1 Å². The molecule has 0 aliphatic heterocycles. The van der Waals surface area contributed by atoms with Gasteiger partial charge >= 0.3 is 0 Å². The van der Waals surface area contributed by atoms with Crippen LogP contribution in [-0.4, -0.2) is 5.91 Å². The lowest BCUT2D eigenvalue weighted by Crippen LogP contribution is -2.06. The molecule has 0 bridgehead atoms. The number of anilines is 1. The van der Waals surface area contributed by atoms with Gasteiger partial charge < -0.3 is 5.32 Å². The molecule has 3 heteroatoms. The first-order valence-electron chi connectivity index (χ1n) is 5.70. The van der Waals surface area contributed by atoms with Gasteiger partial charge in [0.05, 0.1) is 5.69 Å². The van der Waals surface area contributed by atoms with Crippen LogP contribution in [0.3, 0.4) is 0 Å². The summed E-state index contributed by atoms with van der Waals surface area (Å²) in [6, 6.07) is 14.3. The van der Waals surface area contributed by atoms with Crippen molar-refractivity contribution in [2.75, 3.05) is 5.32 Å². The molecule has 0 radical (unpaired) electrons. The van der Waals surface area contributed by atoms with E-state index in [0.717, 1.165) is 15.7 Å². The normalized spacial score (nSPS) is 10.2. The maximum absolute atomic E-state index is 11.0. The molecule has 0 saturated carbocycles. The minimum Gasteiger partial charge on any atom is -0.325 e. The van der Waals surface area contributed by atoms with Gasteiger partial charge in [0.15, 0.2) is 0 Å². The summed E-state index contributed by atoms with van der Waals surface area (Å²) in [7, 11) is 0. The Morgan fingerprint density at radius 1 is 1.11 bits per heavy atom. The molecule has 1 amide bonds. The van der Waals surface area contributed by atoms with Crippen LogP contribution in [0.1, 0.15) is 12.5 Å². The van der Waals surface area contributed by atoms with Crippen molar-refractivity contribution < 1.29 is 4.79 Å². The maximum atomic E-state index is 11.0. The van der Waals surface area contributed by atoms with Crippen molar-refractivity contribution in [1.29, 1.82) is 0 Å².